The lowest BCUT2D eigenvalue weighted by atomic mass is 9.85. The lowest BCUT2D eigenvalue weighted by Crippen LogP contribution is -2.45. The molecule has 12 heterocycles. The fourth-order valence-corrected chi connectivity index (χ4v) is 20.7. The standard InChI is InChI=1S/2C28H34N6O2.2C27H33N7O2/c1-17-22(15-24(35)21-10-8-20(9-11-21)19-6-7-19)5-4-13-34(17)25-16-30-26(27(29)36)28(32-25)31-23-12-14-33(3)18(23)2;1-17-15-33(3)16-23(17)31-28-26(27(29)36)30-14-25(32-28)34-12-4-5-22(18(34)2)13-24(35)21-10-8-20(9-11-21)19-6-7-19;1-16-21(15-23(35)20-10-8-19(9-11-20)18-6-7-18)5-4-13-34(16)27-30-26(24(25(28)36)31-32-27)29-22-12-14-33(3)17(22)2;1-16-14-33(3)15-22(16)29-26-24(25(28)36)31-32-27(30-26)34-12-4-5-21(17(34)2)13-23(35)20-10-8-19(9-11-20)18-6-7-18/h8-12,14,16-17,19,22H,4-7,13,15H2,1-3H3,(H2,29,36)(H,31,32);8-11,14-16,18-19,22H,4-7,12-13H2,1-3H3,(H2,29,36)(H,31,32);8-12,14,16,18,21H,4-7,13,15H2,1-3H3,(H2,28,36)(H,29,30,32);8-11,14-15,17-18,21H,4-7,12-13H2,1-3H3,(H2,28,36)(H,29,30,32)/t17-,22+;18-,22+;16-,21+;17-,21+/m1111/s1. The average molecular weight is 1950 g/mol. The number of nitrogens with zero attached hydrogens (tertiary/aromatic N) is 18. The molecule has 144 heavy (non-hydrogen) atoms. The van der Waals surface area contributed by atoms with Crippen LogP contribution in [0.4, 0.5) is 69.6 Å². The minimum Gasteiger partial charge on any atom is -0.364 e. The van der Waals surface area contributed by atoms with Gasteiger partial charge in [-0.05, 0) is 251 Å². The molecule has 34 heteroatoms. The molecule has 0 unspecified atom stereocenters. The molecule has 20 rings (SSSR count). The minimum atomic E-state index is -0.694. The molecule has 4 amide bonds. The van der Waals surface area contributed by atoms with Crippen molar-refractivity contribution in [2.24, 2.45) is 74.8 Å². The zero-order valence-corrected chi connectivity index (χ0v) is 84.5. The van der Waals surface area contributed by atoms with Crippen molar-refractivity contribution in [1.29, 1.82) is 0 Å². The van der Waals surface area contributed by atoms with Crippen molar-refractivity contribution < 1.29 is 38.4 Å². The van der Waals surface area contributed by atoms with E-state index in [0.717, 1.165) is 145 Å². The van der Waals surface area contributed by atoms with Crippen LogP contribution in [0.1, 0.15) is 308 Å². The van der Waals surface area contributed by atoms with Crippen LogP contribution in [0, 0.1) is 51.4 Å². The summed E-state index contributed by atoms with van der Waals surface area (Å²) in [5.74, 6) is 5.00. The first-order valence-electron chi connectivity index (χ1n) is 50.8. The monoisotopic (exact) mass is 1950 g/mol. The molecule has 4 aromatic carbocycles. The summed E-state index contributed by atoms with van der Waals surface area (Å²) in [5, 5.41) is 29.6. The van der Waals surface area contributed by atoms with Crippen molar-refractivity contribution in [1.82, 2.24) is 68.6 Å². The number of aromatic nitrogens is 14. The Kier molecular flexibility index (Phi) is 30.7. The van der Waals surface area contributed by atoms with E-state index in [0.29, 0.717) is 84.5 Å². The van der Waals surface area contributed by atoms with Crippen LogP contribution < -0.4 is 63.8 Å². The van der Waals surface area contributed by atoms with Gasteiger partial charge < -0.3 is 82.1 Å². The van der Waals surface area contributed by atoms with E-state index < -0.39 is 23.6 Å². The Bertz CT molecular complexity index is 6000. The van der Waals surface area contributed by atoms with E-state index in [2.05, 4.69) is 157 Å². The normalized spacial score (nSPS) is 19.8. The number of nitrogens with one attached hydrogen (secondary N) is 4. The number of amides is 4. The highest BCUT2D eigenvalue weighted by molar-refractivity contribution is 6.01. The van der Waals surface area contributed by atoms with Gasteiger partial charge in [0.25, 0.3) is 23.6 Å². The fourth-order valence-electron chi connectivity index (χ4n) is 20.7. The zero-order valence-electron chi connectivity index (χ0n) is 84.5. The molecule has 4 saturated carbocycles. The summed E-state index contributed by atoms with van der Waals surface area (Å²) in [7, 11) is 7.76. The van der Waals surface area contributed by atoms with E-state index in [1.165, 1.54) is 73.6 Å². The Hall–Kier alpha value is -14.9. The molecule has 752 valence electrons. The van der Waals surface area contributed by atoms with Crippen molar-refractivity contribution in [2.45, 2.75) is 232 Å². The van der Waals surface area contributed by atoms with E-state index >= 15 is 0 Å². The van der Waals surface area contributed by atoms with Gasteiger partial charge in [-0.25, -0.2) is 19.9 Å². The van der Waals surface area contributed by atoms with Gasteiger partial charge in [0.1, 0.15) is 11.6 Å². The SMILES string of the molecule is Cc1c(Nc2nc(N3CCC[C@@H](CC(=O)c4ccc(C5CC5)cc4)[C@H]3C)cnc2C(N)=O)ccn1C.Cc1c(Nc2nc(N3CCC[C@@H](CC(=O)c4ccc(C5CC5)cc4)[C@H]3C)nnc2C(N)=O)ccn1C.Cc1cn(C)cc1Nc1nc(N2CCC[C@@H](CC(=O)c3ccc(C4CC4)cc3)[C@H]2C)cnc1C(N)=O.Cc1cn(C)cc1Nc1nc(N2CCC[C@@H](CC(=O)c3ccc(C4CC4)cc3)[C@H]2C)nnc1C(N)=O. The van der Waals surface area contributed by atoms with E-state index in [1.807, 2.05) is 172 Å². The molecule has 0 spiro atoms. The van der Waals surface area contributed by atoms with Crippen LogP contribution in [0.2, 0.25) is 0 Å². The number of hydrogen-bond acceptors (Lipinski definition) is 26. The third-order valence-electron chi connectivity index (χ3n) is 30.5. The number of piperidine rings is 4. The molecule has 12 aromatic rings. The van der Waals surface area contributed by atoms with Crippen LogP contribution in [-0.2, 0) is 28.2 Å². The van der Waals surface area contributed by atoms with Crippen LogP contribution in [0.5, 0.6) is 0 Å². The van der Waals surface area contributed by atoms with Crippen molar-refractivity contribution in [3.63, 3.8) is 0 Å². The van der Waals surface area contributed by atoms with Crippen LogP contribution in [0.3, 0.4) is 0 Å². The average Bonchev–Trinajstić information content (AvgIpc) is 1.57. The third kappa shape index (κ3) is 23.9. The molecule has 0 bridgehead atoms. The number of Topliss-reactive ketones (excluding diaryl/α,β-unsaturated/α-hetero) is 4. The molecule has 4 saturated heterocycles. The summed E-state index contributed by atoms with van der Waals surface area (Å²) in [6.45, 7) is 19.5. The Labute approximate surface area is 840 Å². The van der Waals surface area contributed by atoms with Gasteiger partial charge in [0.2, 0.25) is 11.9 Å². The number of anilines is 12. The Balaban J connectivity index is 0.000000132. The Morgan fingerprint density at radius 1 is 0.319 bits per heavy atom. The molecule has 8 atom stereocenters. The molecular formula is C110H134N26O8. The first kappa shape index (κ1) is 101. The molecule has 34 nitrogen and oxygen atoms in total. The predicted octanol–water partition coefficient (Wildman–Crippen LogP) is 17.7. The molecule has 8 aliphatic rings. The number of ketones is 4. The van der Waals surface area contributed by atoms with Gasteiger partial charge in [0.15, 0.2) is 69.2 Å². The van der Waals surface area contributed by atoms with Crippen LogP contribution in [0.15, 0.2) is 159 Å². The second-order valence-corrected chi connectivity index (χ2v) is 40.8. The third-order valence-corrected chi connectivity index (χ3v) is 30.5. The van der Waals surface area contributed by atoms with Gasteiger partial charge in [-0.2, -0.15) is 9.97 Å². The summed E-state index contributed by atoms with van der Waals surface area (Å²) < 4.78 is 7.81. The van der Waals surface area contributed by atoms with Gasteiger partial charge >= 0.3 is 0 Å². The van der Waals surface area contributed by atoms with Crippen LogP contribution in [0.25, 0.3) is 0 Å². The van der Waals surface area contributed by atoms with Gasteiger partial charge in [0, 0.05) is 175 Å². The largest absolute Gasteiger partial charge is 0.364 e. The van der Waals surface area contributed by atoms with Gasteiger partial charge in [-0.1, -0.05) is 97.1 Å². The predicted molar refractivity (Wildman–Crippen MR) is 559 cm³/mol. The van der Waals surface area contributed by atoms with Crippen LogP contribution in [-0.4, -0.2) is 166 Å². The van der Waals surface area contributed by atoms with E-state index in [1.54, 1.807) is 12.4 Å². The zero-order chi connectivity index (χ0) is 102. The van der Waals surface area contributed by atoms with Crippen LogP contribution >= 0.6 is 0 Å². The van der Waals surface area contributed by atoms with Crippen molar-refractivity contribution in [3.8, 4) is 0 Å². The number of rotatable bonds is 32. The summed E-state index contributed by atoms with van der Waals surface area (Å²) in [6.07, 6.45) is 34.5. The Morgan fingerprint density at radius 2 is 0.583 bits per heavy atom. The lowest BCUT2D eigenvalue weighted by Gasteiger charge is -2.40. The molecular weight excluding hydrogens is 1810 g/mol. The van der Waals surface area contributed by atoms with Crippen molar-refractivity contribution >= 4 is 116 Å². The topological polar surface area (TPSA) is 450 Å². The highest BCUT2D eigenvalue weighted by Crippen LogP contribution is 2.45. The second kappa shape index (κ2) is 43.9. The smallest absolute Gasteiger partial charge is 0.273 e. The number of hydrogen-bond donors (Lipinski definition) is 8. The van der Waals surface area contributed by atoms with E-state index in [-0.39, 0.29) is 105 Å². The molecule has 4 aliphatic heterocycles. The van der Waals surface area contributed by atoms with Crippen molar-refractivity contribution in [3.05, 3.63) is 249 Å². The molecule has 8 fully saturated rings. The lowest BCUT2D eigenvalue weighted by molar-refractivity contribution is 0.0938. The first-order chi connectivity index (χ1) is 69.2. The van der Waals surface area contributed by atoms with E-state index in [9.17, 15) is 38.4 Å². The molecule has 12 N–H and O–H groups in total. The molecule has 0 radical (unpaired) electrons. The highest BCUT2D eigenvalue weighted by Gasteiger charge is 2.39. The number of benzene rings is 4. The number of carbonyl (C=O) groups is 8. The highest BCUT2D eigenvalue weighted by atomic mass is 16.2. The van der Waals surface area contributed by atoms with E-state index in [4.69, 9.17) is 32.9 Å². The summed E-state index contributed by atoms with van der Waals surface area (Å²) in [5.41, 5.74) is 38.3. The number of aryl methyl sites for hydroxylation is 6. The quantitative estimate of drug-likeness (QED) is 0.0182. The molecule has 8 aromatic heterocycles. The van der Waals surface area contributed by atoms with Gasteiger partial charge in [-0.3, -0.25) is 38.4 Å². The number of primary amides is 4. The summed E-state index contributed by atoms with van der Waals surface area (Å²) in [6, 6.07) is 36.8. The fraction of sp³-hybridized carbons (Fsp3) is 0.436. The molecule has 4 aliphatic carbocycles. The number of nitrogens with two attached hydrogens (primary N) is 4. The maximum Gasteiger partial charge on any atom is 0.273 e. The second-order valence-electron chi connectivity index (χ2n) is 40.8. The van der Waals surface area contributed by atoms with Crippen molar-refractivity contribution in [2.75, 3.05) is 67.0 Å². The van der Waals surface area contributed by atoms with Gasteiger partial charge in [-0.15, -0.1) is 20.4 Å². The summed E-state index contributed by atoms with van der Waals surface area (Å²) >= 11 is 0. The maximum atomic E-state index is 13.1. The minimum absolute atomic E-state index is 0.00645. The van der Waals surface area contributed by atoms with Gasteiger partial charge in [0.05, 0.1) is 35.1 Å². The number of carbonyl (C=O) groups excluding carboxylic acids is 8. The maximum absolute atomic E-state index is 13.1. The first-order valence-corrected chi connectivity index (χ1v) is 50.8. The Morgan fingerprint density at radius 3 is 0.833 bits per heavy atom. The summed E-state index contributed by atoms with van der Waals surface area (Å²) in [4.78, 5) is 137.